The average Bonchev–Trinajstić information content (AvgIpc) is 2.51. The molecule has 0 heterocycles. The molecule has 2 heteroatoms. The Morgan fingerprint density at radius 1 is 1.12 bits per heavy atom. The molecular formula is C14H21NO. The lowest BCUT2D eigenvalue weighted by molar-refractivity contribution is 0.153. The van der Waals surface area contributed by atoms with Crippen LogP contribution in [0.15, 0.2) is 18.2 Å². The first kappa shape index (κ1) is 11.6. The highest BCUT2D eigenvalue weighted by Gasteiger charge is 2.15. The van der Waals surface area contributed by atoms with Gasteiger partial charge in [0, 0.05) is 6.04 Å². The number of aliphatic hydroxyl groups excluding tert-OH is 1. The molecule has 0 saturated carbocycles. The first-order valence-electron chi connectivity index (χ1n) is 6.24. The maximum atomic E-state index is 9.94. The Kier molecular flexibility index (Phi) is 3.62. The molecule has 0 radical (unpaired) electrons. The van der Waals surface area contributed by atoms with Crippen molar-refractivity contribution in [2.45, 2.75) is 51.2 Å². The Labute approximate surface area is 97.5 Å². The summed E-state index contributed by atoms with van der Waals surface area (Å²) in [5.41, 5.74) is 9.56. The zero-order valence-corrected chi connectivity index (χ0v) is 9.95. The minimum atomic E-state index is -0.534. The predicted molar refractivity (Wildman–Crippen MR) is 66.3 cm³/mol. The summed E-state index contributed by atoms with van der Waals surface area (Å²) in [5, 5.41) is 9.94. The van der Waals surface area contributed by atoms with Gasteiger partial charge in [-0.25, -0.2) is 0 Å². The molecule has 0 amide bonds. The van der Waals surface area contributed by atoms with Crippen LogP contribution >= 0.6 is 0 Å². The van der Waals surface area contributed by atoms with E-state index in [1.54, 1.807) is 0 Å². The summed E-state index contributed by atoms with van der Waals surface area (Å²) < 4.78 is 0. The van der Waals surface area contributed by atoms with E-state index in [1.807, 2.05) is 13.0 Å². The predicted octanol–water partition coefficient (Wildman–Crippen LogP) is 2.34. The standard InChI is InChI=1S/C14H21NO/c1-10(15)14(16)13-8-7-11-5-3-2-4-6-12(11)9-13/h7-10,14,16H,2-6,15H2,1H3. The fraction of sp³-hybridized carbons (Fsp3) is 0.571. The van der Waals surface area contributed by atoms with E-state index in [4.69, 9.17) is 5.73 Å². The van der Waals surface area contributed by atoms with Crippen molar-refractivity contribution in [3.8, 4) is 0 Å². The summed E-state index contributed by atoms with van der Waals surface area (Å²) in [6.45, 7) is 1.84. The number of aliphatic hydroxyl groups is 1. The highest BCUT2D eigenvalue weighted by atomic mass is 16.3. The maximum Gasteiger partial charge on any atom is 0.0938 e. The molecule has 0 saturated heterocycles. The van der Waals surface area contributed by atoms with Crippen molar-refractivity contribution in [2.24, 2.45) is 5.73 Å². The van der Waals surface area contributed by atoms with Gasteiger partial charge in [0.05, 0.1) is 6.10 Å². The van der Waals surface area contributed by atoms with Crippen LogP contribution in [0, 0.1) is 0 Å². The first-order valence-corrected chi connectivity index (χ1v) is 6.24. The number of benzene rings is 1. The maximum absolute atomic E-state index is 9.94. The number of hydrogen-bond acceptors (Lipinski definition) is 2. The zero-order chi connectivity index (χ0) is 11.5. The number of nitrogens with two attached hydrogens (primary N) is 1. The van der Waals surface area contributed by atoms with Crippen molar-refractivity contribution in [3.05, 3.63) is 34.9 Å². The van der Waals surface area contributed by atoms with Crippen molar-refractivity contribution in [1.82, 2.24) is 0 Å². The van der Waals surface area contributed by atoms with Crippen molar-refractivity contribution >= 4 is 0 Å². The van der Waals surface area contributed by atoms with Crippen molar-refractivity contribution < 1.29 is 5.11 Å². The summed E-state index contributed by atoms with van der Waals surface area (Å²) in [5.74, 6) is 0. The molecular weight excluding hydrogens is 198 g/mol. The second kappa shape index (κ2) is 4.98. The fourth-order valence-corrected chi connectivity index (χ4v) is 2.42. The van der Waals surface area contributed by atoms with Gasteiger partial charge in [-0.1, -0.05) is 24.6 Å². The molecule has 16 heavy (non-hydrogen) atoms. The van der Waals surface area contributed by atoms with Gasteiger partial charge in [0.2, 0.25) is 0 Å². The Balaban J connectivity index is 2.27. The van der Waals surface area contributed by atoms with Gasteiger partial charge in [-0.3, -0.25) is 0 Å². The van der Waals surface area contributed by atoms with Crippen molar-refractivity contribution in [2.75, 3.05) is 0 Å². The van der Waals surface area contributed by atoms with Gasteiger partial charge >= 0.3 is 0 Å². The SMILES string of the molecule is CC(N)C(O)c1ccc2c(c1)CCCCC2. The highest BCUT2D eigenvalue weighted by Crippen LogP contribution is 2.25. The van der Waals surface area contributed by atoms with Crippen LogP contribution in [-0.2, 0) is 12.8 Å². The van der Waals surface area contributed by atoms with Gasteiger partial charge in [-0.05, 0) is 49.3 Å². The largest absolute Gasteiger partial charge is 0.387 e. The molecule has 0 aromatic heterocycles. The molecule has 0 spiro atoms. The molecule has 0 fully saturated rings. The lowest BCUT2D eigenvalue weighted by Crippen LogP contribution is -2.24. The molecule has 3 N–H and O–H groups in total. The molecule has 2 unspecified atom stereocenters. The van der Waals surface area contributed by atoms with Crippen LogP contribution in [0.1, 0.15) is 49.0 Å². The Bertz CT molecular complexity index is 360. The van der Waals surface area contributed by atoms with E-state index in [2.05, 4.69) is 12.1 Å². The van der Waals surface area contributed by atoms with E-state index < -0.39 is 6.10 Å². The minimum Gasteiger partial charge on any atom is -0.387 e. The van der Waals surface area contributed by atoms with Crippen molar-refractivity contribution in [1.29, 1.82) is 0 Å². The molecule has 1 aromatic carbocycles. The Hall–Kier alpha value is -0.860. The number of rotatable bonds is 2. The first-order chi connectivity index (χ1) is 7.68. The van der Waals surface area contributed by atoms with Gasteiger partial charge in [0.25, 0.3) is 0 Å². The summed E-state index contributed by atoms with van der Waals surface area (Å²) in [4.78, 5) is 0. The average molecular weight is 219 g/mol. The fourth-order valence-electron chi connectivity index (χ4n) is 2.42. The molecule has 2 atom stereocenters. The van der Waals surface area contributed by atoms with Gasteiger partial charge in [0.1, 0.15) is 0 Å². The molecule has 88 valence electrons. The van der Waals surface area contributed by atoms with Gasteiger partial charge < -0.3 is 10.8 Å². The molecule has 2 nitrogen and oxygen atoms in total. The number of hydrogen-bond donors (Lipinski definition) is 2. The van der Waals surface area contributed by atoms with Gasteiger partial charge in [-0.2, -0.15) is 0 Å². The number of fused-ring (bicyclic) bond motifs is 1. The third kappa shape index (κ3) is 2.45. The smallest absolute Gasteiger partial charge is 0.0938 e. The summed E-state index contributed by atoms with van der Waals surface area (Å²) in [7, 11) is 0. The van der Waals surface area contributed by atoms with E-state index in [1.165, 1.54) is 36.8 Å². The molecule has 1 aromatic rings. The summed E-state index contributed by atoms with van der Waals surface area (Å²) in [6, 6.07) is 6.14. The van der Waals surface area contributed by atoms with E-state index >= 15 is 0 Å². The minimum absolute atomic E-state index is 0.205. The normalized spacial score (nSPS) is 19.7. The van der Waals surface area contributed by atoms with Gasteiger partial charge in [-0.15, -0.1) is 0 Å². The topological polar surface area (TPSA) is 46.2 Å². The van der Waals surface area contributed by atoms with Crippen molar-refractivity contribution in [3.63, 3.8) is 0 Å². The lowest BCUT2D eigenvalue weighted by Gasteiger charge is -2.17. The lowest BCUT2D eigenvalue weighted by atomic mass is 9.96. The zero-order valence-electron chi connectivity index (χ0n) is 9.95. The van der Waals surface area contributed by atoms with Gasteiger partial charge in [0.15, 0.2) is 0 Å². The molecule has 0 bridgehead atoms. The quantitative estimate of drug-likeness (QED) is 0.750. The molecule has 1 aliphatic carbocycles. The van der Waals surface area contributed by atoms with E-state index in [0.29, 0.717) is 0 Å². The second-order valence-electron chi connectivity index (χ2n) is 4.89. The summed E-state index contributed by atoms with van der Waals surface area (Å²) >= 11 is 0. The van der Waals surface area contributed by atoms with Crippen LogP contribution in [0.4, 0.5) is 0 Å². The Morgan fingerprint density at radius 3 is 2.50 bits per heavy atom. The van der Waals surface area contributed by atoms with E-state index in [0.717, 1.165) is 12.0 Å². The molecule has 2 rings (SSSR count). The highest BCUT2D eigenvalue weighted by molar-refractivity contribution is 5.34. The van der Waals surface area contributed by atoms with Crippen LogP contribution in [0.5, 0.6) is 0 Å². The Morgan fingerprint density at radius 2 is 1.81 bits per heavy atom. The monoisotopic (exact) mass is 219 g/mol. The van der Waals surface area contributed by atoms with Crippen LogP contribution in [0.25, 0.3) is 0 Å². The third-order valence-electron chi connectivity index (χ3n) is 3.46. The van der Waals surface area contributed by atoms with Crippen LogP contribution < -0.4 is 5.73 Å². The van der Waals surface area contributed by atoms with E-state index in [-0.39, 0.29) is 6.04 Å². The summed E-state index contributed by atoms with van der Waals surface area (Å²) in [6.07, 6.45) is 5.68. The van der Waals surface area contributed by atoms with Crippen LogP contribution in [0.2, 0.25) is 0 Å². The molecule has 0 aliphatic heterocycles. The third-order valence-corrected chi connectivity index (χ3v) is 3.46. The second-order valence-corrected chi connectivity index (χ2v) is 4.89. The number of aryl methyl sites for hydroxylation is 2. The van der Waals surface area contributed by atoms with Crippen LogP contribution in [0.3, 0.4) is 0 Å². The molecule has 1 aliphatic rings. The van der Waals surface area contributed by atoms with Crippen LogP contribution in [-0.4, -0.2) is 11.1 Å². The van der Waals surface area contributed by atoms with E-state index in [9.17, 15) is 5.11 Å².